The first kappa shape index (κ1) is 17.4. The second-order valence-electron chi connectivity index (χ2n) is 4.31. The van der Waals surface area contributed by atoms with Crippen LogP contribution in [0.25, 0.3) is 0 Å². The van der Waals surface area contributed by atoms with Gasteiger partial charge in [-0.1, -0.05) is 18.5 Å². The smallest absolute Gasteiger partial charge is 0.243 e. The Balaban J connectivity index is 2.87. The van der Waals surface area contributed by atoms with Gasteiger partial charge < -0.3 is 5.73 Å². The van der Waals surface area contributed by atoms with Crippen molar-refractivity contribution >= 4 is 38.1 Å². The first-order valence-electron chi connectivity index (χ1n) is 5.71. The van der Waals surface area contributed by atoms with E-state index >= 15 is 0 Å². The van der Waals surface area contributed by atoms with Crippen LogP contribution in [0.15, 0.2) is 17.0 Å². The largest absolute Gasteiger partial charge is 0.399 e. The summed E-state index contributed by atoms with van der Waals surface area (Å²) < 4.78 is 51.1. The maximum Gasteiger partial charge on any atom is 0.243 e. The van der Waals surface area contributed by atoms with Crippen LogP contribution in [-0.2, 0) is 20.8 Å². The molecule has 0 saturated carbocycles. The monoisotopic (exact) mass is 342 g/mol. The molecule has 0 fully saturated rings. The summed E-state index contributed by atoms with van der Waals surface area (Å²) in [5.41, 5.74) is 5.51. The lowest BCUT2D eigenvalue weighted by Gasteiger charge is -2.11. The van der Waals surface area contributed by atoms with E-state index in [4.69, 9.17) is 17.3 Å². The number of nitrogens with one attached hydrogen (secondary N) is 1. The molecule has 3 N–H and O–H groups in total. The lowest BCUT2D eigenvalue weighted by atomic mass is 10.3. The number of sulfonamides is 1. The number of nitrogen functional groups attached to an aromatic ring is 1. The number of halogens is 2. The van der Waals surface area contributed by atoms with Crippen LogP contribution >= 0.6 is 11.6 Å². The van der Waals surface area contributed by atoms with Crippen LogP contribution in [0.2, 0.25) is 5.02 Å². The summed E-state index contributed by atoms with van der Waals surface area (Å²) in [4.78, 5) is -0.590. The Hall–Kier alpha value is -0.700. The third kappa shape index (κ3) is 4.41. The molecule has 9 heteroatoms. The van der Waals surface area contributed by atoms with Crippen LogP contribution in [0.4, 0.5) is 10.1 Å². The van der Waals surface area contributed by atoms with Crippen molar-refractivity contribution in [3.63, 3.8) is 0 Å². The standard InChI is InChI=1S/C11H16ClFN2O3S2/c1-7(19(2)16)3-4-15-20(17,18)10-6-8(14)5-9(12)11(10)13/h5-7,15H,3-4,14H2,1-2H3. The van der Waals surface area contributed by atoms with Crippen LogP contribution in [0, 0.1) is 5.82 Å². The summed E-state index contributed by atoms with van der Waals surface area (Å²) in [6.45, 7) is 1.79. The third-order valence-electron chi connectivity index (χ3n) is 2.72. The van der Waals surface area contributed by atoms with Crippen LogP contribution in [0.1, 0.15) is 13.3 Å². The van der Waals surface area contributed by atoms with E-state index < -0.39 is 31.5 Å². The molecule has 2 unspecified atom stereocenters. The molecule has 0 spiro atoms. The Morgan fingerprint density at radius 1 is 1.50 bits per heavy atom. The normalized spacial score (nSPS) is 15.0. The molecule has 0 bridgehead atoms. The van der Waals surface area contributed by atoms with Gasteiger partial charge in [-0.2, -0.15) is 0 Å². The van der Waals surface area contributed by atoms with Gasteiger partial charge >= 0.3 is 0 Å². The number of hydrogen-bond donors (Lipinski definition) is 2. The number of benzene rings is 1. The molecule has 0 aliphatic heterocycles. The Morgan fingerprint density at radius 2 is 2.10 bits per heavy atom. The molecule has 0 amide bonds. The first-order chi connectivity index (χ1) is 9.15. The molecule has 2 atom stereocenters. The van der Waals surface area contributed by atoms with Gasteiger partial charge in [0.2, 0.25) is 10.0 Å². The predicted octanol–water partition coefficient (Wildman–Crippen LogP) is 1.50. The predicted molar refractivity (Wildman–Crippen MR) is 79.2 cm³/mol. The van der Waals surface area contributed by atoms with Gasteiger partial charge in [-0.15, -0.1) is 0 Å². The molecule has 20 heavy (non-hydrogen) atoms. The van der Waals surface area contributed by atoms with E-state index in [1.807, 2.05) is 0 Å². The molecular formula is C11H16ClFN2O3S2. The van der Waals surface area contributed by atoms with Gasteiger partial charge in [0.1, 0.15) is 4.90 Å². The molecule has 114 valence electrons. The van der Waals surface area contributed by atoms with Crippen LogP contribution < -0.4 is 10.5 Å². The van der Waals surface area contributed by atoms with Crippen molar-refractivity contribution in [2.75, 3.05) is 18.5 Å². The highest BCUT2D eigenvalue weighted by Gasteiger charge is 2.22. The fourth-order valence-corrected chi connectivity index (χ4v) is 3.33. The maximum absolute atomic E-state index is 13.7. The van der Waals surface area contributed by atoms with E-state index in [0.29, 0.717) is 6.42 Å². The van der Waals surface area contributed by atoms with E-state index in [2.05, 4.69) is 4.72 Å². The van der Waals surface area contributed by atoms with Gasteiger partial charge in [-0.25, -0.2) is 17.5 Å². The number of rotatable bonds is 6. The van der Waals surface area contributed by atoms with Crippen molar-refractivity contribution in [3.8, 4) is 0 Å². The van der Waals surface area contributed by atoms with Gasteiger partial charge in [-0.3, -0.25) is 4.21 Å². The third-order valence-corrected chi connectivity index (χ3v) is 5.82. The summed E-state index contributed by atoms with van der Waals surface area (Å²) in [7, 11) is -5.09. The molecule has 0 aliphatic rings. The lowest BCUT2D eigenvalue weighted by Crippen LogP contribution is -2.28. The van der Waals surface area contributed by atoms with E-state index in [1.54, 1.807) is 6.92 Å². The highest BCUT2D eigenvalue weighted by molar-refractivity contribution is 7.89. The summed E-state index contributed by atoms with van der Waals surface area (Å²) >= 11 is 5.56. The number of nitrogens with two attached hydrogens (primary N) is 1. The molecule has 1 aromatic rings. The molecule has 0 heterocycles. The van der Waals surface area contributed by atoms with Crippen molar-refractivity contribution < 1.29 is 17.0 Å². The van der Waals surface area contributed by atoms with Gasteiger partial charge in [0.25, 0.3) is 0 Å². The minimum Gasteiger partial charge on any atom is -0.399 e. The molecule has 5 nitrogen and oxygen atoms in total. The second kappa shape index (κ2) is 6.84. The average molecular weight is 343 g/mol. The Bertz CT molecular complexity index is 622. The van der Waals surface area contributed by atoms with Gasteiger partial charge in [0.15, 0.2) is 5.82 Å². The summed E-state index contributed by atoms with van der Waals surface area (Å²) in [6.07, 6.45) is 1.91. The lowest BCUT2D eigenvalue weighted by molar-refractivity contribution is 0.555. The Morgan fingerprint density at radius 3 is 2.65 bits per heavy atom. The summed E-state index contributed by atoms with van der Waals surface area (Å²) in [6, 6.07) is 2.14. The molecule has 1 rings (SSSR count). The first-order valence-corrected chi connectivity index (χ1v) is 9.20. The Labute approximate surface area is 125 Å². The minimum atomic E-state index is -4.05. The fraction of sp³-hybridized carbons (Fsp3) is 0.455. The van der Waals surface area contributed by atoms with Crippen LogP contribution in [0.3, 0.4) is 0 Å². The van der Waals surface area contributed by atoms with Crippen molar-refractivity contribution in [2.24, 2.45) is 0 Å². The van der Waals surface area contributed by atoms with Crippen molar-refractivity contribution in [1.82, 2.24) is 4.72 Å². The van der Waals surface area contributed by atoms with E-state index in [1.165, 1.54) is 6.26 Å². The Kier molecular flexibility index (Phi) is 5.93. The molecular weight excluding hydrogens is 327 g/mol. The highest BCUT2D eigenvalue weighted by Crippen LogP contribution is 2.25. The molecule has 0 aromatic heterocycles. The van der Waals surface area contributed by atoms with Crippen molar-refractivity contribution in [3.05, 3.63) is 23.0 Å². The molecule has 1 aromatic carbocycles. The topological polar surface area (TPSA) is 89.3 Å². The number of anilines is 1. The maximum atomic E-state index is 13.7. The molecule has 0 aliphatic carbocycles. The van der Waals surface area contributed by atoms with Gasteiger partial charge in [0, 0.05) is 34.5 Å². The van der Waals surface area contributed by atoms with Crippen LogP contribution in [0.5, 0.6) is 0 Å². The van der Waals surface area contributed by atoms with Crippen molar-refractivity contribution in [2.45, 2.75) is 23.5 Å². The molecule has 0 saturated heterocycles. The average Bonchev–Trinajstić information content (AvgIpc) is 2.33. The van der Waals surface area contributed by atoms with Gasteiger partial charge in [0.05, 0.1) is 5.02 Å². The number of hydrogen-bond acceptors (Lipinski definition) is 4. The van der Waals surface area contributed by atoms with E-state index in [9.17, 15) is 17.0 Å². The highest BCUT2D eigenvalue weighted by atomic mass is 35.5. The SMILES string of the molecule is CC(CCNS(=O)(=O)c1cc(N)cc(Cl)c1F)S(C)=O. The van der Waals surface area contributed by atoms with E-state index in [0.717, 1.165) is 12.1 Å². The summed E-state index contributed by atoms with van der Waals surface area (Å²) in [5.74, 6) is -1.04. The minimum absolute atomic E-state index is 0.0505. The zero-order valence-electron chi connectivity index (χ0n) is 11.0. The van der Waals surface area contributed by atoms with E-state index in [-0.39, 0.29) is 22.5 Å². The van der Waals surface area contributed by atoms with Crippen LogP contribution in [-0.4, -0.2) is 30.7 Å². The fourth-order valence-electron chi connectivity index (χ4n) is 1.42. The molecule has 0 radical (unpaired) electrons. The zero-order chi connectivity index (χ0) is 15.5. The van der Waals surface area contributed by atoms with Crippen molar-refractivity contribution in [1.29, 1.82) is 0 Å². The zero-order valence-corrected chi connectivity index (χ0v) is 13.4. The second-order valence-corrected chi connectivity index (χ2v) is 8.26. The quantitative estimate of drug-likeness (QED) is 0.767. The summed E-state index contributed by atoms with van der Waals surface area (Å²) in [5, 5.41) is -0.514. The van der Waals surface area contributed by atoms with Gasteiger partial charge in [-0.05, 0) is 18.6 Å².